The first-order valence-corrected chi connectivity index (χ1v) is 7.22. The van der Waals surface area contributed by atoms with E-state index in [0.717, 1.165) is 18.5 Å². The Morgan fingerprint density at radius 3 is 3.00 bits per heavy atom. The van der Waals surface area contributed by atoms with E-state index < -0.39 is 12.0 Å². The maximum Gasteiger partial charge on any atom is 0.326 e. The molecule has 1 aromatic carbocycles. The number of carboxylic acids is 1. The number of benzene rings is 1. The van der Waals surface area contributed by atoms with Crippen LogP contribution < -0.4 is 10.1 Å². The van der Waals surface area contributed by atoms with Gasteiger partial charge in [-0.1, -0.05) is 6.07 Å². The number of fused-ring (bicyclic) bond motifs is 1. The number of anilines is 1. The Morgan fingerprint density at radius 2 is 2.19 bits per heavy atom. The van der Waals surface area contributed by atoms with Crippen LogP contribution in [0.1, 0.15) is 29.6 Å². The predicted octanol–water partition coefficient (Wildman–Crippen LogP) is 1.57. The van der Waals surface area contributed by atoms with Gasteiger partial charge in [0.25, 0.3) is 5.91 Å². The van der Waals surface area contributed by atoms with E-state index in [2.05, 4.69) is 5.32 Å². The molecular weight excluding hydrogens is 272 g/mol. The molecule has 0 aliphatic carbocycles. The molecule has 6 nitrogen and oxygen atoms in total. The average molecular weight is 290 g/mol. The molecule has 6 heteroatoms. The van der Waals surface area contributed by atoms with Gasteiger partial charge in [-0.05, 0) is 31.4 Å². The van der Waals surface area contributed by atoms with Crippen LogP contribution >= 0.6 is 0 Å². The number of amides is 1. The number of ether oxygens (including phenoxy) is 1. The molecule has 3 rings (SSSR count). The number of rotatable bonds is 2. The van der Waals surface area contributed by atoms with Crippen LogP contribution in [0.25, 0.3) is 0 Å². The van der Waals surface area contributed by atoms with Crippen LogP contribution in [0.15, 0.2) is 18.2 Å². The summed E-state index contributed by atoms with van der Waals surface area (Å²) >= 11 is 0. The number of carbonyl (C=O) groups is 2. The second kappa shape index (κ2) is 5.63. The van der Waals surface area contributed by atoms with Crippen molar-refractivity contribution in [3.05, 3.63) is 23.8 Å². The quantitative estimate of drug-likeness (QED) is 0.864. The molecule has 0 aromatic heterocycles. The van der Waals surface area contributed by atoms with Crippen molar-refractivity contribution in [3.8, 4) is 5.75 Å². The maximum atomic E-state index is 12.7. The molecule has 2 aliphatic heterocycles. The number of hydrogen-bond acceptors (Lipinski definition) is 4. The lowest BCUT2D eigenvalue weighted by Crippen LogP contribution is -2.48. The van der Waals surface area contributed by atoms with E-state index in [1.54, 1.807) is 12.1 Å². The fourth-order valence-electron chi connectivity index (χ4n) is 2.93. The van der Waals surface area contributed by atoms with Crippen molar-refractivity contribution in [2.24, 2.45) is 0 Å². The molecule has 0 spiro atoms. The van der Waals surface area contributed by atoms with Crippen LogP contribution in [0.5, 0.6) is 5.75 Å². The molecule has 0 unspecified atom stereocenters. The first-order chi connectivity index (χ1) is 10.2. The summed E-state index contributed by atoms with van der Waals surface area (Å²) in [6.45, 7) is 1.68. The van der Waals surface area contributed by atoms with Gasteiger partial charge in [-0.2, -0.15) is 0 Å². The summed E-state index contributed by atoms with van der Waals surface area (Å²) in [4.78, 5) is 25.6. The Labute approximate surface area is 122 Å². The molecule has 2 aliphatic rings. The molecule has 2 N–H and O–H groups in total. The molecule has 112 valence electrons. The number of hydrogen-bond donors (Lipinski definition) is 2. The van der Waals surface area contributed by atoms with E-state index in [4.69, 9.17) is 4.74 Å². The lowest BCUT2D eigenvalue weighted by molar-refractivity contribution is -0.143. The Balaban J connectivity index is 1.92. The van der Waals surface area contributed by atoms with Crippen LogP contribution in [-0.2, 0) is 4.79 Å². The van der Waals surface area contributed by atoms with Crippen molar-refractivity contribution < 1.29 is 19.4 Å². The molecule has 21 heavy (non-hydrogen) atoms. The van der Waals surface area contributed by atoms with E-state index in [0.29, 0.717) is 37.4 Å². The first kappa shape index (κ1) is 13.7. The summed E-state index contributed by atoms with van der Waals surface area (Å²) in [6.07, 6.45) is 2.19. The van der Waals surface area contributed by atoms with Gasteiger partial charge < -0.3 is 20.1 Å². The van der Waals surface area contributed by atoms with Gasteiger partial charge in [0.15, 0.2) is 5.75 Å². The number of likely N-dealkylation sites (tertiary alicyclic amines) is 1. The lowest BCUT2D eigenvalue weighted by atomic mass is 10.0. The fraction of sp³-hybridized carbons (Fsp3) is 0.467. The largest absolute Gasteiger partial charge is 0.489 e. The second-order valence-electron chi connectivity index (χ2n) is 5.31. The SMILES string of the molecule is O=C(O)[C@@H]1CCCCN1C(=O)c1cccc2c1OCCN2. The average Bonchev–Trinajstić information content (AvgIpc) is 2.53. The van der Waals surface area contributed by atoms with Crippen molar-refractivity contribution >= 4 is 17.6 Å². The van der Waals surface area contributed by atoms with E-state index in [9.17, 15) is 14.7 Å². The summed E-state index contributed by atoms with van der Waals surface area (Å²) < 4.78 is 5.60. The summed E-state index contributed by atoms with van der Waals surface area (Å²) in [6, 6.07) is 4.60. The van der Waals surface area contributed by atoms with Gasteiger partial charge in [0, 0.05) is 13.1 Å². The number of nitrogens with zero attached hydrogens (tertiary/aromatic N) is 1. The number of aliphatic carboxylic acids is 1. The highest BCUT2D eigenvalue weighted by molar-refractivity contribution is 6.00. The monoisotopic (exact) mass is 290 g/mol. The third-order valence-corrected chi connectivity index (χ3v) is 3.96. The minimum Gasteiger partial charge on any atom is -0.489 e. The van der Waals surface area contributed by atoms with Crippen LogP contribution in [0.4, 0.5) is 5.69 Å². The number of nitrogens with one attached hydrogen (secondary N) is 1. The van der Waals surface area contributed by atoms with Gasteiger partial charge in [0.1, 0.15) is 12.6 Å². The molecule has 1 aromatic rings. The van der Waals surface area contributed by atoms with E-state index in [1.807, 2.05) is 6.07 Å². The van der Waals surface area contributed by atoms with E-state index >= 15 is 0 Å². The molecule has 1 saturated heterocycles. The van der Waals surface area contributed by atoms with Crippen molar-refractivity contribution in [1.82, 2.24) is 4.90 Å². The molecule has 1 fully saturated rings. The first-order valence-electron chi connectivity index (χ1n) is 7.22. The third kappa shape index (κ3) is 2.53. The number of para-hydroxylation sites is 1. The number of carbonyl (C=O) groups excluding carboxylic acids is 1. The summed E-state index contributed by atoms with van der Waals surface area (Å²) in [5.41, 5.74) is 1.23. The van der Waals surface area contributed by atoms with Crippen molar-refractivity contribution in [2.75, 3.05) is 25.0 Å². The molecule has 1 amide bonds. The van der Waals surface area contributed by atoms with Gasteiger partial charge in [-0.3, -0.25) is 4.79 Å². The maximum absolute atomic E-state index is 12.7. The predicted molar refractivity (Wildman–Crippen MR) is 76.7 cm³/mol. The van der Waals surface area contributed by atoms with E-state index in [1.165, 1.54) is 4.90 Å². The smallest absolute Gasteiger partial charge is 0.326 e. The number of piperidine rings is 1. The second-order valence-corrected chi connectivity index (χ2v) is 5.31. The highest BCUT2D eigenvalue weighted by Gasteiger charge is 2.34. The number of carboxylic acid groups (broad SMARTS) is 1. The lowest BCUT2D eigenvalue weighted by Gasteiger charge is -2.33. The highest BCUT2D eigenvalue weighted by Crippen LogP contribution is 2.33. The summed E-state index contributed by atoms with van der Waals surface area (Å²) in [5, 5.41) is 12.5. The third-order valence-electron chi connectivity index (χ3n) is 3.96. The molecule has 1 atom stereocenters. The van der Waals surface area contributed by atoms with Crippen LogP contribution in [-0.4, -0.2) is 47.6 Å². The zero-order valence-corrected chi connectivity index (χ0v) is 11.7. The highest BCUT2D eigenvalue weighted by atomic mass is 16.5. The Hall–Kier alpha value is -2.24. The topological polar surface area (TPSA) is 78.9 Å². The Bertz CT molecular complexity index is 573. The zero-order chi connectivity index (χ0) is 14.8. The molecular formula is C15H18N2O4. The molecule has 0 radical (unpaired) electrons. The van der Waals surface area contributed by atoms with Gasteiger partial charge in [0.05, 0.1) is 11.3 Å². The minimum atomic E-state index is -0.938. The van der Waals surface area contributed by atoms with Crippen LogP contribution in [0.3, 0.4) is 0 Å². The Morgan fingerprint density at radius 1 is 1.33 bits per heavy atom. The van der Waals surface area contributed by atoms with E-state index in [-0.39, 0.29) is 5.91 Å². The molecule has 0 bridgehead atoms. The van der Waals surface area contributed by atoms with Crippen molar-refractivity contribution in [3.63, 3.8) is 0 Å². The van der Waals surface area contributed by atoms with Gasteiger partial charge >= 0.3 is 5.97 Å². The van der Waals surface area contributed by atoms with Gasteiger partial charge in [-0.25, -0.2) is 4.79 Å². The Kier molecular flexibility index (Phi) is 3.68. The summed E-state index contributed by atoms with van der Waals surface area (Å²) in [7, 11) is 0. The zero-order valence-electron chi connectivity index (χ0n) is 11.7. The van der Waals surface area contributed by atoms with Crippen LogP contribution in [0, 0.1) is 0 Å². The summed E-state index contributed by atoms with van der Waals surface area (Å²) in [5.74, 6) is -0.669. The molecule has 2 heterocycles. The normalized spacial score (nSPS) is 21.0. The van der Waals surface area contributed by atoms with Crippen molar-refractivity contribution in [1.29, 1.82) is 0 Å². The minimum absolute atomic E-state index is 0.261. The van der Waals surface area contributed by atoms with Crippen LogP contribution in [0.2, 0.25) is 0 Å². The van der Waals surface area contributed by atoms with Gasteiger partial charge in [0.2, 0.25) is 0 Å². The standard InChI is InChI=1S/C15H18N2O4/c18-14(17-8-2-1-6-12(17)15(19)20)10-4-3-5-11-13(10)21-9-7-16-11/h3-5,12,16H,1-2,6-9H2,(H,19,20)/t12-/m0/s1. The molecule has 0 saturated carbocycles. The van der Waals surface area contributed by atoms with Gasteiger partial charge in [-0.15, -0.1) is 0 Å². The van der Waals surface area contributed by atoms with Crippen molar-refractivity contribution in [2.45, 2.75) is 25.3 Å². The fourth-order valence-corrected chi connectivity index (χ4v) is 2.93.